The number of hydrogen-bond donors (Lipinski definition) is 1. The maximum absolute atomic E-state index is 12.8. The van der Waals surface area contributed by atoms with Crippen LogP contribution in [0.5, 0.6) is 11.5 Å². The van der Waals surface area contributed by atoms with Crippen molar-refractivity contribution in [3.8, 4) is 11.5 Å². The number of nitrogens with zero attached hydrogens (tertiary/aromatic N) is 2. The predicted octanol–water partition coefficient (Wildman–Crippen LogP) is 2.00. The van der Waals surface area contributed by atoms with Crippen molar-refractivity contribution in [1.82, 2.24) is 5.32 Å². The van der Waals surface area contributed by atoms with Gasteiger partial charge >= 0.3 is 6.03 Å². The van der Waals surface area contributed by atoms with Crippen LogP contribution in [0.2, 0.25) is 5.02 Å². The first-order chi connectivity index (χ1) is 13.7. The number of nitrogens with one attached hydrogen (secondary N) is 1. The van der Waals surface area contributed by atoms with Gasteiger partial charge in [0, 0.05) is 16.8 Å². The van der Waals surface area contributed by atoms with Gasteiger partial charge in [-0.1, -0.05) is 11.6 Å². The third-order valence-electron chi connectivity index (χ3n) is 3.97. The summed E-state index contributed by atoms with van der Waals surface area (Å²) >= 11 is 5.80. The number of methoxy groups -OCH3 is 1. The number of urea groups is 1. The molecular formula is C18H11ClN3O7-. The normalized spacial score (nSPS) is 15.4. The second-order valence-corrected chi connectivity index (χ2v) is 6.20. The van der Waals surface area contributed by atoms with E-state index in [0.717, 1.165) is 30.2 Å². The molecule has 0 spiro atoms. The highest BCUT2D eigenvalue weighted by Gasteiger charge is 2.36. The van der Waals surface area contributed by atoms with Gasteiger partial charge < -0.3 is 9.84 Å². The number of nitro benzene ring substituents is 1. The lowest BCUT2D eigenvalue weighted by atomic mass is 10.1. The summed E-state index contributed by atoms with van der Waals surface area (Å²) in [6, 6.07) is 6.82. The van der Waals surface area contributed by atoms with Gasteiger partial charge in [-0.25, -0.2) is 9.69 Å². The monoisotopic (exact) mass is 416 g/mol. The predicted molar refractivity (Wildman–Crippen MR) is 99.5 cm³/mol. The van der Waals surface area contributed by atoms with Crippen molar-refractivity contribution in [2.75, 3.05) is 12.0 Å². The molecular weight excluding hydrogens is 406 g/mol. The first-order valence-electron chi connectivity index (χ1n) is 7.93. The van der Waals surface area contributed by atoms with Crippen LogP contribution in [-0.2, 0) is 9.59 Å². The van der Waals surface area contributed by atoms with Gasteiger partial charge in [0.2, 0.25) is 0 Å². The van der Waals surface area contributed by atoms with Crippen LogP contribution < -0.4 is 20.1 Å². The number of carbonyl (C=O) groups excluding carboxylic acids is 3. The summed E-state index contributed by atoms with van der Waals surface area (Å²) in [5.74, 6) is -3.22. The van der Waals surface area contributed by atoms with Crippen molar-refractivity contribution in [2.24, 2.45) is 0 Å². The Bertz CT molecular complexity index is 1080. The van der Waals surface area contributed by atoms with E-state index in [1.54, 1.807) is 0 Å². The van der Waals surface area contributed by atoms with Gasteiger partial charge in [0.05, 0.1) is 17.7 Å². The van der Waals surface area contributed by atoms with E-state index in [1.165, 1.54) is 24.3 Å². The molecule has 2 aromatic carbocycles. The fraction of sp³-hybridized carbons (Fsp3) is 0.0556. The lowest BCUT2D eigenvalue weighted by Gasteiger charge is -2.26. The van der Waals surface area contributed by atoms with Gasteiger partial charge in [0.15, 0.2) is 0 Å². The van der Waals surface area contributed by atoms with E-state index >= 15 is 0 Å². The Labute approximate surface area is 168 Å². The van der Waals surface area contributed by atoms with Gasteiger partial charge in [0.25, 0.3) is 17.5 Å². The highest BCUT2D eigenvalue weighted by Crippen LogP contribution is 2.35. The van der Waals surface area contributed by atoms with Crippen molar-refractivity contribution >= 4 is 46.9 Å². The maximum Gasteiger partial charge on any atom is 0.335 e. The summed E-state index contributed by atoms with van der Waals surface area (Å²) in [5, 5.41) is 25.4. The first kappa shape index (κ1) is 19.8. The van der Waals surface area contributed by atoms with Gasteiger partial charge in [-0.2, -0.15) is 0 Å². The second kappa shape index (κ2) is 7.60. The Morgan fingerprint density at radius 1 is 1.17 bits per heavy atom. The molecule has 3 rings (SSSR count). The minimum atomic E-state index is -0.988. The van der Waals surface area contributed by atoms with Crippen molar-refractivity contribution < 1.29 is 29.2 Å². The molecule has 1 aliphatic rings. The van der Waals surface area contributed by atoms with Crippen molar-refractivity contribution in [3.05, 3.63) is 62.7 Å². The van der Waals surface area contributed by atoms with Crippen LogP contribution in [-0.4, -0.2) is 29.9 Å². The van der Waals surface area contributed by atoms with E-state index in [4.69, 9.17) is 16.3 Å². The molecule has 0 unspecified atom stereocenters. The highest BCUT2D eigenvalue weighted by molar-refractivity contribution is 6.39. The summed E-state index contributed by atoms with van der Waals surface area (Å²) in [6.45, 7) is 0. The van der Waals surface area contributed by atoms with E-state index in [9.17, 15) is 29.6 Å². The van der Waals surface area contributed by atoms with Crippen LogP contribution in [0, 0.1) is 10.1 Å². The lowest BCUT2D eigenvalue weighted by Crippen LogP contribution is -2.54. The quantitative estimate of drug-likeness (QED) is 0.347. The fourth-order valence-corrected chi connectivity index (χ4v) is 2.75. The molecule has 1 aliphatic heterocycles. The molecule has 4 amide bonds. The molecule has 10 nitrogen and oxygen atoms in total. The molecule has 148 valence electrons. The van der Waals surface area contributed by atoms with Crippen molar-refractivity contribution in [3.63, 3.8) is 0 Å². The summed E-state index contributed by atoms with van der Waals surface area (Å²) in [7, 11) is 1.15. The van der Waals surface area contributed by atoms with Gasteiger partial charge in [-0.15, -0.1) is 0 Å². The number of imide groups is 2. The molecule has 2 aromatic rings. The molecule has 1 saturated heterocycles. The zero-order chi connectivity index (χ0) is 21.3. The van der Waals surface area contributed by atoms with Crippen LogP contribution in [0.15, 0.2) is 42.0 Å². The number of ether oxygens (including phenoxy) is 1. The van der Waals surface area contributed by atoms with Gasteiger partial charge in [0.1, 0.15) is 11.3 Å². The van der Waals surface area contributed by atoms with E-state index in [2.05, 4.69) is 0 Å². The Hall–Kier alpha value is -3.92. The van der Waals surface area contributed by atoms with E-state index in [0.29, 0.717) is 5.02 Å². The summed E-state index contributed by atoms with van der Waals surface area (Å²) in [5.41, 5.74) is -1.09. The third kappa shape index (κ3) is 3.73. The lowest BCUT2D eigenvalue weighted by molar-refractivity contribution is -0.398. The first-order valence-corrected chi connectivity index (χ1v) is 8.31. The van der Waals surface area contributed by atoms with Crippen LogP contribution in [0.4, 0.5) is 16.2 Å². The Balaban J connectivity index is 2.08. The maximum atomic E-state index is 12.8. The molecule has 0 saturated carbocycles. The minimum absolute atomic E-state index is 0.00273. The number of halogens is 1. The number of barbiturate groups is 1. The number of carbonyl (C=O) groups is 3. The molecule has 1 heterocycles. The standard InChI is InChI=1S/C18H12ClN3O7/c1-29-14-8-9(7-13(15(14)23)22(27)28)6-12-16(24)20-18(26)21(17(12)25)11-4-2-10(19)3-5-11/h2-8,23H,1H3,(H,20,24,26)/p-1/b12-6+. The number of benzene rings is 2. The van der Waals surface area contributed by atoms with E-state index < -0.39 is 39.8 Å². The Morgan fingerprint density at radius 3 is 2.41 bits per heavy atom. The molecule has 0 atom stereocenters. The largest absolute Gasteiger partial charge is 0.865 e. The molecule has 1 N–H and O–H groups in total. The number of rotatable bonds is 4. The number of anilines is 1. The zero-order valence-corrected chi connectivity index (χ0v) is 15.4. The molecule has 0 radical (unpaired) electrons. The van der Waals surface area contributed by atoms with Crippen LogP contribution in [0.25, 0.3) is 6.08 Å². The minimum Gasteiger partial charge on any atom is -0.865 e. The van der Waals surface area contributed by atoms with Crippen LogP contribution >= 0.6 is 11.6 Å². The Morgan fingerprint density at radius 2 is 1.83 bits per heavy atom. The summed E-state index contributed by atoms with van der Waals surface area (Å²) in [4.78, 5) is 48.0. The topological polar surface area (TPSA) is 142 Å². The molecule has 0 bridgehead atoms. The van der Waals surface area contributed by atoms with E-state index in [1.807, 2.05) is 5.32 Å². The average molecular weight is 417 g/mol. The number of hydrogen-bond acceptors (Lipinski definition) is 7. The third-order valence-corrected chi connectivity index (χ3v) is 4.22. The second-order valence-electron chi connectivity index (χ2n) is 5.76. The Kier molecular flexibility index (Phi) is 5.20. The number of amides is 4. The fourth-order valence-electron chi connectivity index (χ4n) is 2.63. The smallest absolute Gasteiger partial charge is 0.335 e. The van der Waals surface area contributed by atoms with Crippen LogP contribution in [0.3, 0.4) is 0 Å². The van der Waals surface area contributed by atoms with Gasteiger partial charge in [-0.3, -0.25) is 25.0 Å². The molecule has 29 heavy (non-hydrogen) atoms. The average Bonchev–Trinajstić information content (AvgIpc) is 2.67. The van der Waals surface area contributed by atoms with Crippen molar-refractivity contribution in [2.45, 2.75) is 0 Å². The molecule has 0 aromatic heterocycles. The number of nitro groups is 1. The zero-order valence-electron chi connectivity index (χ0n) is 14.7. The van der Waals surface area contributed by atoms with E-state index in [-0.39, 0.29) is 17.0 Å². The SMILES string of the molecule is COc1cc(/C=C2\C(=O)NC(=O)N(c3ccc(Cl)cc3)C2=O)cc([N+](=O)[O-])c1[O-]. The highest BCUT2D eigenvalue weighted by atomic mass is 35.5. The molecule has 1 fully saturated rings. The summed E-state index contributed by atoms with van der Waals surface area (Å²) < 4.78 is 4.83. The van der Waals surface area contributed by atoms with Crippen LogP contribution in [0.1, 0.15) is 5.56 Å². The molecule has 0 aliphatic carbocycles. The summed E-state index contributed by atoms with van der Waals surface area (Å²) in [6.07, 6.45) is 1.03. The van der Waals surface area contributed by atoms with Gasteiger partial charge in [-0.05, 0) is 42.0 Å². The van der Waals surface area contributed by atoms with Crippen molar-refractivity contribution in [1.29, 1.82) is 0 Å². The molecule has 11 heteroatoms.